The largest absolute Gasteiger partial charge is 0.369 e. The molecule has 0 spiro atoms. The van der Waals surface area contributed by atoms with Gasteiger partial charge in [0.15, 0.2) is 0 Å². The smallest absolute Gasteiger partial charge is 0.221 e. The number of carbonyl (C=O) groups excluding carboxylic acids is 1. The molecule has 2 atom stereocenters. The van der Waals surface area contributed by atoms with Crippen LogP contribution in [-0.4, -0.2) is 28.4 Å². The number of piperidine rings is 1. The molecule has 1 fully saturated rings. The van der Waals surface area contributed by atoms with E-state index in [1.165, 1.54) is 0 Å². The van der Waals surface area contributed by atoms with Gasteiger partial charge in [-0.15, -0.1) is 0 Å². The van der Waals surface area contributed by atoms with Crippen LogP contribution in [0.4, 0.5) is 0 Å². The summed E-state index contributed by atoms with van der Waals surface area (Å²) >= 11 is 6.06. The second-order valence-electron chi connectivity index (χ2n) is 4.91. The molecule has 2 heterocycles. The van der Waals surface area contributed by atoms with Crippen molar-refractivity contribution in [1.29, 1.82) is 0 Å². The molecule has 0 saturated carbocycles. The lowest BCUT2D eigenvalue weighted by molar-refractivity contribution is -0.124. The van der Waals surface area contributed by atoms with Crippen LogP contribution in [0, 0.1) is 5.92 Å². The Kier molecular flexibility index (Phi) is 4.19. The van der Waals surface area contributed by atoms with Crippen LogP contribution in [0.5, 0.6) is 0 Å². The van der Waals surface area contributed by atoms with Crippen LogP contribution in [0.25, 0.3) is 0 Å². The summed E-state index contributed by atoms with van der Waals surface area (Å²) in [5.74, 6) is -0.249. The minimum atomic E-state index is -0.204. The first-order valence-corrected chi connectivity index (χ1v) is 6.58. The summed E-state index contributed by atoms with van der Waals surface area (Å²) in [6.45, 7) is 3.60. The first-order chi connectivity index (χ1) is 8.58. The van der Waals surface area contributed by atoms with Gasteiger partial charge in [-0.3, -0.25) is 9.69 Å². The summed E-state index contributed by atoms with van der Waals surface area (Å²) in [6, 6.07) is 4.29. The minimum Gasteiger partial charge on any atom is -0.369 e. The Bertz CT molecular complexity index is 438. The highest BCUT2D eigenvalue weighted by atomic mass is 35.5. The summed E-state index contributed by atoms with van der Waals surface area (Å²) in [6.07, 6.45) is 3.55. The van der Waals surface area contributed by atoms with E-state index in [1.807, 2.05) is 12.1 Å². The molecular formula is C13H18ClN3O. The lowest BCUT2D eigenvalue weighted by atomic mass is 9.92. The number of nitrogens with zero attached hydrogens (tertiary/aromatic N) is 2. The van der Waals surface area contributed by atoms with E-state index in [2.05, 4.69) is 16.8 Å². The van der Waals surface area contributed by atoms with Gasteiger partial charge in [0.2, 0.25) is 5.91 Å². The summed E-state index contributed by atoms with van der Waals surface area (Å²) in [4.78, 5) is 17.6. The van der Waals surface area contributed by atoms with Crippen LogP contribution in [0.1, 0.15) is 25.3 Å². The van der Waals surface area contributed by atoms with Crippen molar-refractivity contribution < 1.29 is 4.79 Å². The molecule has 2 N–H and O–H groups in total. The molecular weight excluding hydrogens is 250 g/mol. The average molecular weight is 268 g/mol. The molecule has 0 aliphatic carbocycles. The van der Waals surface area contributed by atoms with Crippen LogP contribution in [0.2, 0.25) is 5.15 Å². The molecule has 1 aliphatic heterocycles. The third kappa shape index (κ3) is 3.00. The zero-order valence-corrected chi connectivity index (χ0v) is 11.2. The maximum Gasteiger partial charge on any atom is 0.221 e. The van der Waals surface area contributed by atoms with Gasteiger partial charge >= 0.3 is 0 Å². The third-order valence-electron chi connectivity index (χ3n) is 3.62. The van der Waals surface area contributed by atoms with Crippen molar-refractivity contribution >= 4 is 17.5 Å². The lowest BCUT2D eigenvalue weighted by Crippen LogP contribution is -2.45. The SMILES string of the molecule is CC1CCC(C(N)=O)CN1Cc1cccnc1Cl. The van der Waals surface area contributed by atoms with Crippen molar-refractivity contribution in [3.8, 4) is 0 Å². The molecule has 5 heteroatoms. The molecule has 1 aliphatic rings. The molecule has 2 unspecified atom stereocenters. The van der Waals surface area contributed by atoms with Gasteiger partial charge in [0.05, 0.1) is 5.92 Å². The Morgan fingerprint density at radius 1 is 1.61 bits per heavy atom. The number of amides is 1. The number of likely N-dealkylation sites (tertiary alicyclic amines) is 1. The van der Waals surface area contributed by atoms with Crippen molar-refractivity contribution in [1.82, 2.24) is 9.88 Å². The molecule has 1 aromatic heterocycles. The van der Waals surface area contributed by atoms with Gasteiger partial charge in [0, 0.05) is 30.9 Å². The highest BCUT2D eigenvalue weighted by Gasteiger charge is 2.28. The standard InChI is InChI=1S/C13H18ClN3O/c1-9-4-5-11(13(15)18)8-17(9)7-10-3-2-6-16-12(10)14/h2-3,6,9,11H,4-5,7-8H2,1H3,(H2,15,18). The monoisotopic (exact) mass is 267 g/mol. The molecule has 4 nitrogen and oxygen atoms in total. The van der Waals surface area contributed by atoms with Gasteiger partial charge in [-0.25, -0.2) is 4.98 Å². The molecule has 98 valence electrons. The molecule has 0 radical (unpaired) electrons. The van der Waals surface area contributed by atoms with E-state index < -0.39 is 0 Å². The van der Waals surface area contributed by atoms with Crippen LogP contribution >= 0.6 is 11.6 Å². The zero-order valence-electron chi connectivity index (χ0n) is 10.5. The molecule has 0 bridgehead atoms. The molecule has 1 aromatic rings. The molecule has 18 heavy (non-hydrogen) atoms. The van der Waals surface area contributed by atoms with E-state index in [-0.39, 0.29) is 11.8 Å². The van der Waals surface area contributed by atoms with E-state index in [9.17, 15) is 4.79 Å². The van der Waals surface area contributed by atoms with Crippen molar-refractivity contribution in [2.45, 2.75) is 32.4 Å². The van der Waals surface area contributed by atoms with E-state index in [1.54, 1.807) is 6.20 Å². The number of hydrogen-bond acceptors (Lipinski definition) is 3. The predicted molar refractivity (Wildman–Crippen MR) is 71.0 cm³/mol. The average Bonchev–Trinajstić information content (AvgIpc) is 2.34. The summed E-state index contributed by atoms with van der Waals surface area (Å²) in [5.41, 5.74) is 6.39. The lowest BCUT2D eigenvalue weighted by Gasteiger charge is -2.36. The highest BCUT2D eigenvalue weighted by molar-refractivity contribution is 6.30. The molecule has 1 amide bonds. The van der Waals surface area contributed by atoms with Crippen LogP contribution in [-0.2, 0) is 11.3 Å². The predicted octanol–water partition coefficient (Wildman–Crippen LogP) is 1.82. The van der Waals surface area contributed by atoms with Crippen molar-refractivity contribution in [3.63, 3.8) is 0 Å². The molecule has 0 aromatic carbocycles. The van der Waals surface area contributed by atoms with Gasteiger partial charge < -0.3 is 5.73 Å². The van der Waals surface area contributed by atoms with Gasteiger partial charge in [-0.05, 0) is 25.8 Å². The number of hydrogen-bond donors (Lipinski definition) is 1. The number of primary amides is 1. The topological polar surface area (TPSA) is 59.2 Å². The number of carbonyl (C=O) groups is 1. The van der Waals surface area contributed by atoms with E-state index in [0.29, 0.717) is 17.7 Å². The fourth-order valence-corrected chi connectivity index (χ4v) is 2.57. The van der Waals surface area contributed by atoms with Crippen LogP contribution in [0.3, 0.4) is 0 Å². The van der Waals surface area contributed by atoms with Crippen molar-refractivity contribution in [2.75, 3.05) is 6.54 Å². The maximum absolute atomic E-state index is 11.3. The van der Waals surface area contributed by atoms with Crippen molar-refractivity contribution in [2.24, 2.45) is 11.7 Å². The number of nitrogens with two attached hydrogens (primary N) is 1. The quantitative estimate of drug-likeness (QED) is 0.850. The Hall–Kier alpha value is -1.13. The zero-order chi connectivity index (χ0) is 13.1. The van der Waals surface area contributed by atoms with E-state index in [0.717, 1.165) is 24.9 Å². The summed E-state index contributed by atoms with van der Waals surface area (Å²) in [5, 5.41) is 0.533. The van der Waals surface area contributed by atoms with Gasteiger partial charge in [-0.2, -0.15) is 0 Å². The third-order valence-corrected chi connectivity index (χ3v) is 3.96. The number of aromatic nitrogens is 1. The molecule has 2 rings (SSSR count). The maximum atomic E-state index is 11.3. The summed E-state index contributed by atoms with van der Waals surface area (Å²) in [7, 11) is 0. The molecule has 1 saturated heterocycles. The second kappa shape index (κ2) is 5.67. The van der Waals surface area contributed by atoms with E-state index >= 15 is 0 Å². The van der Waals surface area contributed by atoms with Crippen molar-refractivity contribution in [3.05, 3.63) is 29.0 Å². The van der Waals surface area contributed by atoms with Gasteiger partial charge in [0.1, 0.15) is 5.15 Å². The Morgan fingerprint density at radius 2 is 2.39 bits per heavy atom. The number of rotatable bonds is 3. The van der Waals surface area contributed by atoms with Crippen LogP contribution in [0.15, 0.2) is 18.3 Å². The first-order valence-electron chi connectivity index (χ1n) is 6.20. The van der Waals surface area contributed by atoms with Gasteiger partial charge in [-0.1, -0.05) is 17.7 Å². The Balaban J connectivity index is 2.07. The van der Waals surface area contributed by atoms with Gasteiger partial charge in [0.25, 0.3) is 0 Å². The number of pyridine rings is 1. The van der Waals surface area contributed by atoms with E-state index in [4.69, 9.17) is 17.3 Å². The summed E-state index contributed by atoms with van der Waals surface area (Å²) < 4.78 is 0. The fraction of sp³-hybridized carbons (Fsp3) is 0.538. The van der Waals surface area contributed by atoms with Crippen LogP contribution < -0.4 is 5.73 Å². The second-order valence-corrected chi connectivity index (χ2v) is 5.27. The highest BCUT2D eigenvalue weighted by Crippen LogP contribution is 2.25. The number of halogens is 1. The Morgan fingerprint density at radius 3 is 3.06 bits per heavy atom. The normalized spacial score (nSPS) is 25.0. The fourth-order valence-electron chi connectivity index (χ4n) is 2.39. The first kappa shape index (κ1) is 13.3. The minimum absolute atomic E-state index is 0.0448. The Labute approximate surface area is 112 Å².